The normalized spacial score (nSPS) is 22.9. The number of halogens is 1. The summed E-state index contributed by atoms with van der Waals surface area (Å²) in [4.78, 5) is 27.5. The fourth-order valence-electron chi connectivity index (χ4n) is 2.48. The van der Waals surface area contributed by atoms with Gasteiger partial charge in [0, 0.05) is 18.1 Å². The molecule has 1 atom stereocenters. The number of anilines is 2. The lowest BCUT2D eigenvalue weighted by atomic mass is 10.0. The van der Waals surface area contributed by atoms with Gasteiger partial charge in [-0.3, -0.25) is 14.5 Å². The van der Waals surface area contributed by atoms with Gasteiger partial charge < -0.3 is 10.2 Å². The van der Waals surface area contributed by atoms with Gasteiger partial charge in [-0.1, -0.05) is 15.9 Å². The van der Waals surface area contributed by atoms with Gasteiger partial charge in [0.25, 0.3) is 5.91 Å². The standard InChI is InChI=1S/C12H12BrN3O2/c1-15-8-3-2-7(13)4-9(8)16-10(12(15)18)5-14-6-11(16)17/h2-4,10,14H,5-6H2,1H3. The van der Waals surface area contributed by atoms with Crippen LogP contribution in [-0.4, -0.2) is 38.0 Å². The summed E-state index contributed by atoms with van der Waals surface area (Å²) in [6.45, 7) is 0.778. The number of rotatable bonds is 0. The van der Waals surface area contributed by atoms with E-state index in [1.807, 2.05) is 18.2 Å². The van der Waals surface area contributed by atoms with Gasteiger partial charge in [-0.25, -0.2) is 0 Å². The minimum atomic E-state index is -0.432. The topological polar surface area (TPSA) is 52.7 Å². The maximum Gasteiger partial charge on any atom is 0.251 e. The quantitative estimate of drug-likeness (QED) is 0.769. The van der Waals surface area contributed by atoms with Crippen LogP contribution in [0.2, 0.25) is 0 Å². The van der Waals surface area contributed by atoms with Crippen molar-refractivity contribution in [3.63, 3.8) is 0 Å². The molecule has 3 rings (SSSR count). The van der Waals surface area contributed by atoms with Gasteiger partial charge in [0.15, 0.2) is 0 Å². The Labute approximate surface area is 113 Å². The fraction of sp³-hybridized carbons (Fsp3) is 0.333. The van der Waals surface area contributed by atoms with E-state index in [2.05, 4.69) is 21.2 Å². The number of amides is 2. The van der Waals surface area contributed by atoms with Crippen molar-refractivity contribution in [2.45, 2.75) is 6.04 Å². The van der Waals surface area contributed by atoms with Gasteiger partial charge in [0.1, 0.15) is 6.04 Å². The molecule has 0 bridgehead atoms. The number of fused-ring (bicyclic) bond motifs is 3. The first-order valence-corrected chi connectivity index (χ1v) is 6.49. The van der Waals surface area contributed by atoms with Crippen LogP contribution < -0.4 is 15.1 Å². The van der Waals surface area contributed by atoms with E-state index in [4.69, 9.17) is 0 Å². The lowest BCUT2D eigenvalue weighted by molar-refractivity contribution is -0.126. The van der Waals surface area contributed by atoms with E-state index in [-0.39, 0.29) is 18.4 Å². The van der Waals surface area contributed by atoms with Gasteiger partial charge in [-0.05, 0) is 18.2 Å². The number of hydrogen-bond donors (Lipinski definition) is 1. The molecule has 18 heavy (non-hydrogen) atoms. The second-order valence-corrected chi connectivity index (χ2v) is 5.36. The molecule has 1 aromatic carbocycles. The van der Waals surface area contributed by atoms with E-state index in [9.17, 15) is 9.59 Å². The number of nitrogens with one attached hydrogen (secondary N) is 1. The van der Waals surface area contributed by atoms with Gasteiger partial charge in [-0.2, -0.15) is 0 Å². The van der Waals surface area contributed by atoms with Crippen molar-refractivity contribution in [3.8, 4) is 0 Å². The zero-order valence-corrected chi connectivity index (χ0v) is 11.4. The Balaban J connectivity index is 2.19. The molecule has 0 spiro atoms. The lowest BCUT2D eigenvalue weighted by Crippen LogP contribution is -2.63. The zero-order valence-electron chi connectivity index (χ0n) is 9.81. The minimum Gasteiger partial charge on any atom is -0.312 e. The Morgan fingerprint density at radius 1 is 1.33 bits per heavy atom. The van der Waals surface area contributed by atoms with Crippen LogP contribution in [0.1, 0.15) is 0 Å². The van der Waals surface area contributed by atoms with Crippen LogP contribution in [0.25, 0.3) is 0 Å². The highest BCUT2D eigenvalue weighted by atomic mass is 79.9. The monoisotopic (exact) mass is 309 g/mol. The number of likely N-dealkylation sites (N-methyl/N-ethyl adjacent to an activating group) is 1. The molecule has 2 aliphatic rings. The van der Waals surface area contributed by atoms with Crippen molar-refractivity contribution < 1.29 is 9.59 Å². The highest BCUT2D eigenvalue weighted by molar-refractivity contribution is 9.10. The summed E-state index contributed by atoms with van der Waals surface area (Å²) in [5.74, 6) is -0.113. The van der Waals surface area contributed by atoms with Gasteiger partial charge >= 0.3 is 0 Å². The lowest BCUT2D eigenvalue weighted by Gasteiger charge is -2.42. The van der Waals surface area contributed by atoms with E-state index in [0.717, 1.165) is 15.8 Å². The van der Waals surface area contributed by atoms with E-state index in [1.165, 1.54) is 0 Å². The summed E-state index contributed by atoms with van der Waals surface area (Å²) in [6, 6.07) is 5.17. The molecule has 5 nitrogen and oxygen atoms in total. The van der Waals surface area contributed by atoms with Crippen LogP contribution in [0.3, 0.4) is 0 Å². The van der Waals surface area contributed by atoms with Crippen molar-refractivity contribution >= 4 is 39.1 Å². The van der Waals surface area contributed by atoms with E-state index in [1.54, 1.807) is 16.8 Å². The third-order valence-corrected chi connectivity index (χ3v) is 3.86. The van der Waals surface area contributed by atoms with Crippen LogP contribution in [0, 0.1) is 0 Å². The Kier molecular flexibility index (Phi) is 2.64. The van der Waals surface area contributed by atoms with Gasteiger partial charge in [0.05, 0.1) is 17.9 Å². The van der Waals surface area contributed by atoms with Gasteiger partial charge in [-0.15, -0.1) is 0 Å². The molecular formula is C12H12BrN3O2. The number of benzene rings is 1. The van der Waals surface area contributed by atoms with Crippen molar-refractivity contribution in [2.24, 2.45) is 0 Å². The molecule has 6 heteroatoms. The summed E-state index contributed by atoms with van der Waals surface area (Å²) in [6.07, 6.45) is 0. The van der Waals surface area contributed by atoms with Crippen LogP contribution in [0.15, 0.2) is 22.7 Å². The van der Waals surface area contributed by atoms with Crippen LogP contribution in [0.5, 0.6) is 0 Å². The SMILES string of the molecule is CN1C(=O)C2CNCC(=O)N2c2cc(Br)ccc21. The summed E-state index contributed by atoms with van der Waals surface area (Å²) in [5.41, 5.74) is 1.57. The van der Waals surface area contributed by atoms with Crippen LogP contribution in [0.4, 0.5) is 11.4 Å². The number of carbonyl (C=O) groups is 2. The predicted octanol–water partition coefficient (Wildman–Crippen LogP) is 0.730. The molecule has 2 amide bonds. The first-order valence-electron chi connectivity index (χ1n) is 5.69. The third-order valence-electron chi connectivity index (χ3n) is 3.37. The molecule has 0 aromatic heterocycles. The molecule has 0 radical (unpaired) electrons. The Morgan fingerprint density at radius 3 is 2.89 bits per heavy atom. The van der Waals surface area contributed by atoms with E-state index in [0.29, 0.717) is 6.54 Å². The molecule has 2 heterocycles. The summed E-state index contributed by atoms with van der Waals surface area (Å²) in [7, 11) is 1.74. The van der Waals surface area contributed by atoms with Crippen LogP contribution in [-0.2, 0) is 9.59 Å². The molecule has 1 N–H and O–H groups in total. The number of hydrogen-bond acceptors (Lipinski definition) is 3. The van der Waals surface area contributed by atoms with Gasteiger partial charge in [0.2, 0.25) is 5.91 Å². The molecule has 1 unspecified atom stereocenters. The van der Waals surface area contributed by atoms with Crippen molar-refractivity contribution in [1.82, 2.24) is 5.32 Å². The number of carbonyl (C=O) groups excluding carboxylic acids is 2. The Morgan fingerprint density at radius 2 is 2.11 bits per heavy atom. The highest BCUT2D eigenvalue weighted by Gasteiger charge is 2.41. The first kappa shape index (κ1) is 11.7. The molecular weight excluding hydrogens is 298 g/mol. The summed E-state index contributed by atoms with van der Waals surface area (Å²) in [5, 5.41) is 2.98. The average molecular weight is 310 g/mol. The number of piperazine rings is 1. The largest absolute Gasteiger partial charge is 0.312 e. The van der Waals surface area contributed by atoms with E-state index < -0.39 is 6.04 Å². The summed E-state index contributed by atoms with van der Waals surface area (Å²) >= 11 is 3.40. The predicted molar refractivity (Wildman–Crippen MR) is 71.7 cm³/mol. The van der Waals surface area contributed by atoms with Crippen molar-refractivity contribution in [2.75, 3.05) is 29.9 Å². The minimum absolute atomic E-state index is 0.0506. The second-order valence-electron chi connectivity index (χ2n) is 4.44. The van der Waals surface area contributed by atoms with Crippen LogP contribution >= 0.6 is 15.9 Å². The molecule has 94 valence electrons. The fourth-order valence-corrected chi connectivity index (χ4v) is 2.83. The Hall–Kier alpha value is -1.40. The molecule has 1 saturated heterocycles. The molecule has 1 aromatic rings. The smallest absolute Gasteiger partial charge is 0.251 e. The summed E-state index contributed by atoms with van der Waals surface area (Å²) < 4.78 is 0.897. The first-order chi connectivity index (χ1) is 8.59. The zero-order chi connectivity index (χ0) is 12.9. The van der Waals surface area contributed by atoms with Crippen molar-refractivity contribution in [3.05, 3.63) is 22.7 Å². The highest BCUT2D eigenvalue weighted by Crippen LogP contribution is 2.37. The maximum atomic E-state index is 12.2. The van der Waals surface area contributed by atoms with E-state index >= 15 is 0 Å². The maximum absolute atomic E-state index is 12.2. The molecule has 1 fully saturated rings. The molecule has 0 aliphatic carbocycles. The molecule has 2 aliphatic heterocycles. The Bertz CT molecular complexity index is 546. The second kappa shape index (κ2) is 4.07. The number of nitrogens with zero attached hydrogens (tertiary/aromatic N) is 2. The van der Waals surface area contributed by atoms with Crippen molar-refractivity contribution in [1.29, 1.82) is 0 Å². The third kappa shape index (κ3) is 1.56. The molecule has 0 saturated carbocycles. The average Bonchev–Trinajstić information content (AvgIpc) is 2.35.